The topological polar surface area (TPSA) is 23.9 Å². The van der Waals surface area contributed by atoms with Crippen LogP contribution in [0, 0.1) is 29.6 Å². The van der Waals surface area contributed by atoms with E-state index in [1.165, 1.54) is 0 Å². The number of hydrogen-bond donors (Lipinski definition) is 1. The zero-order valence-corrected chi connectivity index (χ0v) is 3.08. The van der Waals surface area contributed by atoms with E-state index in [9.17, 15) is 0 Å². The average molecular weight is 76.1 g/mol. The van der Waals surface area contributed by atoms with Gasteiger partial charge in [-0.1, -0.05) is 6.42 Å². The zero-order valence-electron chi connectivity index (χ0n) is 3.08. The first-order valence-corrected chi connectivity index (χ1v) is 1.29. The van der Waals surface area contributed by atoms with Gasteiger partial charge in [-0.3, -0.25) is 0 Å². The molecule has 0 atom stereocenters. The Bertz CT molecular complexity index is 128. The van der Waals surface area contributed by atoms with E-state index < -0.39 is 0 Å². The van der Waals surface area contributed by atoms with Crippen molar-refractivity contribution in [3.8, 4) is 24.2 Å². The monoisotopic (exact) mass is 76.0 g/mol. The second kappa shape index (κ2) is 3.70. The van der Waals surface area contributed by atoms with Gasteiger partial charge < -0.3 is 0 Å². The molecule has 0 aromatic heterocycles. The van der Waals surface area contributed by atoms with E-state index >= 15 is 0 Å². The summed E-state index contributed by atoms with van der Waals surface area (Å²) in [4.78, 5) is 0. The van der Waals surface area contributed by atoms with Gasteiger partial charge in [0.25, 0.3) is 12.1 Å². The molecule has 0 aromatic rings. The van der Waals surface area contributed by atoms with Gasteiger partial charge in [0.2, 0.25) is 5.92 Å². The van der Waals surface area contributed by atoms with E-state index in [1.54, 1.807) is 0 Å². The number of nitrogens with one attached hydrogen (secondary N) is 1. The highest BCUT2D eigenvalue weighted by atomic mass is 14.3. The van der Waals surface area contributed by atoms with Gasteiger partial charge in [-0.15, -0.1) is 5.41 Å². The van der Waals surface area contributed by atoms with Crippen molar-refractivity contribution < 1.29 is 0 Å². The first-order chi connectivity index (χ1) is 2.91. The molecule has 6 heavy (non-hydrogen) atoms. The van der Waals surface area contributed by atoms with Crippen LogP contribution in [-0.4, -0.2) is 6.21 Å². The lowest BCUT2D eigenvalue weighted by molar-refractivity contribution is 1.59. The molecule has 0 radical (unpaired) electrons. The molecule has 0 fully saturated rings. The fraction of sp³-hybridized carbons (Fsp3) is 0. The normalized spacial score (nSPS) is 3.17. The summed E-state index contributed by atoms with van der Waals surface area (Å²) in [7, 11) is 0. The van der Waals surface area contributed by atoms with Crippen LogP contribution in [0.2, 0.25) is 0 Å². The van der Waals surface area contributed by atoms with Gasteiger partial charge in [-0.2, -0.15) is 0 Å². The van der Waals surface area contributed by atoms with Crippen molar-refractivity contribution in [2.24, 2.45) is 0 Å². The molecule has 0 aliphatic rings. The van der Waals surface area contributed by atoms with Crippen LogP contribution in [0.15, 0.2) is 0 Å². The van der Waals surface area contributed by atoms with Gasteiger partial charge in [0.15, 0.2) is 0 Å². The maximum atomic E-state index is 6.19. The van der Waals surface area contributed by atoms with Crippen LogP contribution in [-0.2, 0) is 0 Å². The molecule has 0 bridgehead atoms. The van der Waals surface area contributed by atoms with Crippen LogP contribution in [0.4, 0.5) is 0 Å². The molecular formula is C5H2N+. The maximum absolute atomic E-state index is 6.19. The van der Waals surface area contributed by atoms with E-state index in [0.717, 1.165) is 0 Å². The van der Waals surface area contributed by atoms with E-state index in [2.05, 4.69) is 18.3 Å². The van der Waals surface area contributed by atoms with Gasteiger partial charge in [0.1, 0.15) is 5.92 Å². The van der Waals surface area contributed by atoms with Crippen LogP contribution in [0.3, 0.4) is 0 Å². The third-order valence-corrected chi connectivity index (χ3v) is 0.197. The van der Waals surface area contributed by atoms with Crippen LogP contribution in [0.1, 0.15) is 0 Å². The molecule has 1 heteroatoms. The van der Waals surface area contributed by atoms with Crippen LogP contribution < -0.4 is 0 Å². The minimum absolute atomic E-state index is 1.82. The molecule has 0 saturated carbocycles. The zero-order chi connectivity index (χ0) is 4.83. The van der Waals surface area contributed by atoms with Crippen LogP contribution >= 0.6 is 0 Å². The molecule has 0 unspecified atom stereocenters. The average Bonchev–Trinajstić information content (AvgIpc) is 1.61. The third kappa shape index (κ3) is 2.70. The Kier molecular flexibility index (Phi) is 2.90. The number of terminal acetylenes is 1. The molecule has 0 aliphatic heterocycles. The van der Waals surface area contributed by atoms with Gasteiger partial charge in [-0.05, 0) is 0 Å². The fourth-order valence-electron chi connectivity index (χ4n) is 0.0673. The SMILES string of the molecule is C#CC#C[C+]=N. The molecule has 0 amide bonds. The van der Waals surface area contributed by atoms with Gasteiger partial charge in [-0.25, -0.2) is 0 Å². The predicted molar refractivity (Wildman–Crippen MR) is 24.3 cm³/mol. The molecule has 26 valence electrons. The predicted octanol–water partition coefficient (Wildman–Crippen LogP) is 0.150. The summed E-state index contributed by atoms with van der Waals surface area (Å²) >= 11 is 0. The van der Waals surface area contributed by atoms with E-state index in [0.29, 0.717) is 0 Å². The molecule has 0 heterocycles. The fourth-order valence-corrected chi connectivity index (χ4v) is 0.0673. The van der Waals surface area contributed by atoms with Crippen molar-refractivity contribution in [2.75, 3.05) is 0 Å². The molecule has 1 nitrogen and oxygen atoms in total. The van der Waals surface area contributed by atoms with Crippen molar-refractivity contribution >= 4 is 6.21 Å². The van der Waals surface area contributed by atoms with Crippen LogP contribution in [0.25, 0.3) is 0 Å². The highest BCUT2D eigenvalue weighted by Crippen LogP contribution is 1.40. The number of hydrogen-bond acceptors (Lipinski definition) is 1. The summed E-state index contributed by atoms with van der Waals surface area (Å²) < 4.78 is 0. The Balaban J connectivity index is 3.50. The van der Waals surface area contributed by atoms with Gasteiger partial charge in [0.05, 0.1) is 0 Å². The van der Waals surface area contributed by atoms with Crippen molar-refractivity contribution in [3.05, 3.63) is 0 Å². The summed E-state index contributed by atoms with van der Waals surface area (Å²) in [6.07, 6.45) is 6.48. The maximum Gasteiger partial charge on any atom is 0.280 e. The second-order valence-electron chi connectivity index (χ2n) is 0.519. The van der Waals surface area contributed by atoms with E-state index in [-0.39, 0.29) is 0 Å². The standard InChI is InChI=1S/C5H2N/c1-2-3-4-5-6/h1,6H/q+1. The summed E-state index contributed by atoms with van der Waals surface area (Å²) in [5, 5.41) is 6.19. The molecule has 1 N–H and O–H groups in total. The molecule has 0 aliphatic carbocycles. The molecule has 0 spiro atoms. The van der Waals surface area contributed by atoms with Gasteiger partial charge >= 0.3 is 0 Å². The van der Waals surface area contributed by atoms with Crippen molar-refractivity contribution in [1.82, 2.24) is 0 Å². The Morgan fingerprint density at radius 2 is 2.33 bits per heavy atom. The van der Waals surface area contributed by atoms with E-state index in [4.69, 9.17) is 5.41 Å². The lowest BCUT2D eigenvalue weighted by Crippen LogP contribution is -1.52. The summed E-state index contributed by atoms with van der Waals surface area (Å²) in [5.41, 5.74) is 0. The summed E-state index contributed by atoms with van der Waals surface area (Å²) in [6.45, 7) is 0. The van der Waals surface area contributed by atoms with Gasteiger partial charge in [0, 0.05) is 0 Å². The van der Waals surface area contributed by atoms with Crippen molar-refractivity contribution in [1.29, 1.82) is 5.41 Å². The second-order valence-corrected chi connectivity index (χ2v) is 0.519. The molecule has 0 rings (SSSR count). The Labute approximate surface area is 36.9 Å². The summed E-state index contributed by atoms with van der Waals surface area (Å²) in [6, 6.07) is 0. The van der Waals surface area contributed by atoms with Crippen LogP contribution in [0.5, 0.6) is 0 Å². The molecule has 0 saturated heterocycles. The number of rotatable bonds is 0. The third-order valence-electron chi connectivity index (χ3n) is 0.197. The lowest BCUT2D eigenvalue weighted by Gasteiger charge is -1.26. The molecule has 0 aromatic carbocycles. The molecular weight excluding hydrogens is 74.1 g/mol. The smallest absolute Gasteiger partial charge is 0.143 e. The first-order valence-electron chi connectivity index (χ1n) is 1.29. The van der Waals surface area contributed by atoms with Crippen molar-refractivity contribution in [2.45, 2.75) is 0 Å². The Morgan fingerprint density at radius 1 is 1.67 bits per heavy atom. The summed E-state index contributed by atoms with van der Waals surface area (Å²) in [5.74, 6) is 6.33. The minimum atomic E-state index is 1.82. The Morgan fingerprint density at radius 3 is 2.50 bits per heavy atom. The lowest BCUT2D eigenvalue weighted by atomic mass is 10.6. The highest BCUT2D eigenvalue weighted by molar-refractivity contribution is 5.76. The minimum Gasteiger partial charge on any atom is -0.143 e. The quantitative estimate of drug-likeness (QED) is 0.241. The van der Waals surface area contributed by atoms with E-state index in [1.807, 2.05) is 12.1 Å². The highest BCUT2D eigenvalue weighted by Gasteiger charge is 1.66. The largest absolute Gasteiger partial charge is 0.280 e. The first kappa shape index (κ1) is 4.70. The van der Waals surface area contributed by atoms with Crippen molar-refractivity contribution in [3.63, 3.8) is 0 Å². The Hall–Kier alpha value is -1.30.